The molecule has 1 aromatic rings. The van der Waals surface area contributed by atoms with Crippen LogP contribution in [0.1, 0.15) is 29.9 Å². The molecule has 1 fully saturated rings. The van der Waals surface area contributed by atoms with E-state index in [9.17, 15) is 13.2 Å². The lowest BCUT2D eigenvalue weighted by atomic mass is 10.1. The van der Waals surface area contributed by atoms with Crippen LogP contribution in [0.4, 0.5) is 13.2 Å². The van der Waals surface area contributed by atoms with Crippen molar-refractivity contribution in [1.82, 2.24) is 0 Å². The van der Waals surface area contributed by atoms with Crippen LogP contribution in [0.3, 0.4) is 0 Å². The molecule has 14 heavy (non-hydrogen) atoms. The van der Waals surface area contributed by atoms with Gasteiger partial charge < -0.3 is 0 Å². The van der Waals surface area contributed by atoms with Crippen molar-refractivity contribution in [1.29, 1.82) is 0 Å². The largest absolute Gasteiger partial charge is 0.417 e. The Kier molecular flexibility index (Phi) is 2.49. The molecule has 76 valence electrons. The van der Waals surface area contributed by atoms with Gasteiger partial charge in [-0.15, -0.1) is 0 Å². The van der Waals surface area contributed by atoms with Gasteiger partial charge in [0.25, 0.3) is 0 Å². The summed E-state index contributed by atoms with van der Waals surface area (Å²) < 4.78 is 37.5. The fourth-order valence-corrected chi connectivity index (χ4v) is 2.28. The highest BCUT2D eigenvalue weighted by Gasteiger charge is 2.33. The van der Waals surface area contributed by atoms with Gasteiger partial charge in [0.2, 0.25) is 0 Å². The maximum atomic E-state index is 12.4. The quantitative estimate of drug-likeness (QED) is 0.682. The highest BCUT2D eigenvalue weighted by atomic mass is 127. The highest BCUT2D eigenvalue weighted by molar-refractivity contribution is 14.1. The van der Waals surface area contributed by atoms with Gasteiger partial charge in [-0.05, 0) is 59.0 Å². The number of halogens is 4. The minimum atomic E-state index is -4.22. The zero-order valence-electron chi connectivity index (χ0n) is 7.24. The lowest BCUT2D eigenvalue weighted by molar-refractivity contribution is -0.138. The van der Waals surface area contributed by atoms with E-state index in [2.05, 4.69) is 0 Å². The average Bonchev–Trinajstić information content (AvgIpc) is 2.83. The molecule has 4 heteroatoms. The van der Waals surface area contributed by atoms with Crippen molar-refractivity contribution >= 4 is 22.6 Å². The van der Waals surface area contributed by atoms with Crippen LogP contribution in [0.5, 0.6) is 0 Å². The fraction of sp³-hybridized carbons (Fsp3) is 0.400. The first-order chi connectivity index (χ1) is 6.48. The summed E-state index contributed by atoms with van der Waals surface area (Å²) in [6, 6.07) is 4.44. The Morgan fingerprint density at radius 3 is 2.29 bits per heavy atom. The number of hydrogen-bond acceptors (Lipinski definition) is 0. The second kappa shape index (κ2) is 3.40. The molecular weight excluding hydrogens is 304 g/mol. The van der Waals surface area contributed by atoms with Crippen molar-refractivity contribution in [3.8, 4) is 0 Å². The van der Waals surface area contributed by atoms with Gasteiger partial charge in [-0.1, -0.05) is 6.07 Å². The van der Waals surface area contributed by atoms with Crippen LogP contribution in [0.25, 0.3) is 0 Å². The first-order valence-corrected chi connectivity index (χ1v) is 5.43. The van der Waals surface area contributed by atoms with Crippen molar-refractivity contribution in [2.24, 2.45) is 0 Å². The Morgan fingerprint density at radius 2 is 1.86 bits per heavy atom. The fourth-order valence-electron chi connectivity index (χ4n) is 1.43. The van der Waals surface area contributed by atoms with Crippen molar-refractivity contribution in [3.05, 3.63) is 32.9 Å². The lowest BCUT2D eigenvalue weighted by Gasteiger charge is -2.10. The molecule has 0 nitrogen and oxygen atoms in total. The summed E-state index contributed by atoms with van der Waals surface area (Å²) >= 11 is 1.75. The van der Waals surface area contributed by atoms with Crippen LogP contribution in [0.2, 0.25) is 0 Å². The van der Waals surface area contributed by atoms with E-state index < -0.39 is 11.7 Å². The molecule has 0 aliphatic heterocycles. The molecule has 0 aromatic heterocycles. The predicted molar refractivity (Wildman–Crippen MR) is 56.1 cm³/mol. The first-order valence-electron chi connectivity index (χ1n) is 4.35. The van der Waals surface area contributed by atoms with Crippen LogP contribution in [0.15, 0.2) is 18.2 Å². The van der Waals surface area contributed by atoms with Gasteiger partial charge >= 0.3 is 6.18 Å². The second-order valence-electron chi connectivity index (χ2n) is 3.51. The molecular formula is C10H8F3I. The van der Waals surface area contributed by atoms with E-state index in [1.54, 1.807) is 34.7 Å². The van der Waals surface area contributed by atoms with Crippen LogP contribution in [0, 0.1) is 3.57 Å². The third-order valence-electron chi connectivity index (χ3n) is 2.35. The van der Waals surface area contributed by atoms with Crippen LogP contribution < -0.4 is 0 Å². The molecule has 0 amide bonds. The molecule has 0 radical (unpaired) electrons. The first kappa shape index (κ1) is 10.3. The molecule has 1 aliphatic rings. The van der Waals surface area contributed by atoms with Crippen molar-refractivity contribution in [3.63, 3.8) is 0 Å². The maximum Gasteiger partial charge on any atom is 0.417 e. The van der Waals surface area contributed by atoms with E-state index in [1.807, 2.05) is 0 Å². The predicted octanol–water partition coefficient (Wildman–Crippen LogP) is 4.19. The van der Waals surface area contributed by atoms with Gasteiger partial charge in [0.1, 0.15) is 0 Å². The second-order valence-corrected chi connectivity index (χ2v) is 4.67. The van der Waals surface area contributed by atoms with E-state index in [0.717, 1.165) is 18.4 Å². The molecule has 0 bridgehead atoms. The zero-order valence-corrected chi connectivity index (χ0v) is 9.39. The standard InChI is InChI=1S/C10H8F3I/c11-10(12,13)8-4-3-7(5-9(8)14)6-1-2-6/h3-6H,1-2H2. The molecule has 0 saturated heterocycles. The van der Waals surface area contributed by atoms with E-state index in [0.29, 0.717) is 9.49 Å². The highest BCUT2D eigenvalue weighted by Crippen LogP contribution is 2.42. The Bertz CT molecular complexity index is 353. The van der Waals surface area contributed by atoms with Gasteiger partial charge in [0.05, 0.1) is 5.56 Å². The Labute approximate surface area is 93.6 Å². The number of hydrogen-bond donors (Lipinski definition) is 0. The van der Waals surface area contributed by atoms with Gasteiger partial charge in [-0.3, -0.25) is 0 Å². The summed E-state index contributed by atoms with van der Waals surface area (Å²) in [5, 5.41) is 0. The molecule has 1 aromatic carbocycles. The van der Waals surface area contributed by atoms with Gasteiger partial charge in [-0.2, -0.15) is 13.2 Å². The van der Waals surface area contributed by atoms with Crippen LogP contribution >= 0.6 is 22.6 Å². The van der Waals surface area contributed by atoms with Gasteiger partial charge in [0, 0.05) is 3.57 Å². The monoisotopic (exact) mass is 312 g/mol. The van der Waals surface area contributed by atoms with Crippen molar-refractivity contribution in [2.75, 3.05) is 0 Å². The molecule has 0 heterocycles. The zero-order chi connectivity index (χ0) is 10.3. The normalized spacial score (nSPS) is 17.1. The Balaban J connectivity index is 2.35. The average molecular weight is 312 g/mol. The minimum absolute atomic E-state index is 0.305. The van der Waals surface area contributed by atoms with E-state index in [4.69, 9.17) is 0 Å². The summed E-state index contributed by atoms with van der Waals surface area (Å²) in [5.41, 5.74) is 0.518. The van der Waals surface area contributed by atoms with E-state index in [1.165, 1.54) is 6.07 Å². The smallest absolute Gasteiger partial charge is 0.166 e. The third kappa shape index (κ3) is 2.04. The Morgan fingerprint density at radius 1 is 1.21 bits per heavy atom. The summed E-state index contributed by atoms with van der Waals surface area (Å²) in [6.07, 6.45) is -2.00. The third-order valence-corrected chi connectivity index (χ3v) is 3.24. The SMILES string of the molecule is FC(F)(F)c1ccc(C2CC2)cc1I. The van der Waals surface area contributed by atoms with Crippen LogP contribution in [-0.4, -0.2) is 0 Å². The van der Waals surface area contributed by atoms with Crippen molar-refractivity contribution < 1.29 is 13.2 Å². The molecule has 0 N–H and O–H groups in total. The minimum Gasteiger partial charge on any atom is -0.166 e. The van der Waals surface area contributed by atoms with Crippen LogP contribution in [-0.2, 0) is 6.18 Å². The topological polar surface area (TPSA) is 0 Å². The molecule has 0 spiro atoms. The van der Waals surface area contributed by atoms with E-state index in [-0.39, 0.29) is 0 Å². The molecule has 0 atom stereocenters. The number of alkyl halides is 3. The summed E-state index contributed by atoms with van der Waals surface area (Å²) in [6.45, 7) is 0. The molecule has 2 rings (SSSR count). The van der Waals surface area contributed by atoms with Gasteiger partial charge in [0.15, 0.2) is 0 Å². The van der Waals surface area contributed by atoms with Gasteiger partial charge in [-0.25, -0.2) is 0 Å². The molecule has 1 aliphatic carbocycles. The Hall–Kier alpha value is -0.260. The van der Waals surface area contributed by atoms with E-state index >= 15 is 0 Å². The maximum absolute atomic E-state index is 12.4. The number of benzene rings is 1. The lowest BCUT2D eigenvalue weighted by Crippen LogP contribution is -2.07. The van der Waals surface area contributed by atoms with Crippen molar-refractivity contribution in [2.45, 2.75) is 24.9 Å². The number of rotatable bonds is 1. The molecule has 1 saturated carbocycles. The summed E-state index contributed by atoms with van der Waals surface area (Å²) in [7, 11) is 0. The molecule has 0 unspecified atom stereocenters. The summed E-state index contributed by atoms with van der Waals surface area (Å²) in [5.74, 6) is 0.505. The summed E-state index contributed by atoms with van der Waals surface area (Å²) in [4.78, 5) is 0.